The topological polar surface area (TPSA) is 50.4 Å². The summed E-state index contributed by atoms with van der Waals surface area (Å²) < 4.78 is 4.96. The molecule has 0 aliphatic heterocycles. The van der Waals surface area contributed by atoms with Gasteiger partial charge in [0.05, 0.1) is 0 Å². The summed E-state index contributed by atoms with van der Waals surface area (Å²) in [4.78, 5) is 11.3. The standard InChI is InChI=1S/C10H22N2O2/c1-4-11-5-6-12-10(13)7-9(2)8-14-3/h9,11H,4-8H2,1-3H3,(H,12,13). The van der Waals surface area contributed by atoms with Gasteiger partial charge in [-0.25, -0.2) is 0 Å². The van der Waals surface area contributed by atoms with Gasteiger partial charge < -0.3 is 15.4 Å². The van der Waals surface area contributed by atoms with Crippen molar-refractivity contribution in [2.45, 2.75) is 20.3 Å². The maximum atomic E-state index is 11.3. The lowest BCUT2D eigenvalue weighted by atomic mass is 10.1. The van der Waals surface area contributed by atoms with Crippen LogP contribution in [-0.2, 0) is 9.53 Å². The summed E-state index contributed by atoms with van der Waals surface area (Å²) >= 11 is 0. The number of hydrogen-bond donors (Lipinski definition) is 2. The highest BCUT2D eigenvalue weighted by atomic mass is 16.5. The van der Waals surface area contributed by atoms with E-state index >= 15 is 0 Å². The second-order valence-electron chi connectivity index (χ2n) is 3.47. The summed E-state index contributed by atoms with van der Waals surface area (Å²) in [5, 5.41) is 5.99. The van der Waals surface area contributed by atoms with Gasteiger partial charge in [0.15, 0.2) is 0 Å². The van der Waals surface area contributed by atoms with Crippen LogP contribution in [0.2, 0.25) is 0 Å². The molecule has 0 aliphatic rings. The number of rotatable bonds is 8. The van der Waals surface area contributed by atoms with E-state index in [-0.39, 0.29) is 5.91 Å². The lowest BCUT2D eigenvalue weighted by Gasteiger charge is -2.10. The second kappa shape index (κ2) is 8.97. The maximum absolute atomic E-state index is 11.3. The lowest BCUT2D eigenvalue weighted by Crippen LogP contribution is -2.32. The maximum Gasteiger partial charge on any atom is 0.220 e. The summed E-state index contributed by atoms with van der Waals surface area (Å²) in [6, 6.07) is 0. The van der Waals surface area contributed by atoms with Crippen molar-refractivity contribution in [3.05, 3.63) is 0 Å². The average molecular weight is 202 g/mol. The van der Waals surface area contributed by atoms with Gasteiger partial charge in [-0.05, 0) is 12.5 Å². The molecule has 14 heavy (non-hydrogen) atoms. The number of carbonyl (C=O) groups excluding carboxylic acids is 1. The molecular formula is C10H22N2O2. The molecule has 0 fully saturated rings. The molecule has 0 spiro atoms. The Balaban J connectivity index is 3.35. The van der Waals surface area contributed by atoms with E-state index in [2.05, 4.69) is 10.6 Å². The monoisotopic (exact) mass is 202 g/mol. The van der Waals surface area contributed by atoms with Crippen LogP contribution in [0, 0.1) is 5.92 Å². The Morgan fingerprint density at radius 1 is 1.43 bits per heavy atom. The van der Waals surface area contributed by atoms with E-state index in [1.807, 2.05) is 13.8 Å². The molecule has 2 N–H and O–H groups in total. The van der Waals surface area contributed by atoms with Crippen molar-refractivity contribution >= 4 is 5.91 Å². The highest BCUT2D eigenvalue weighted by Crippen LogP contribution is 2.00. The van der Waals surface area contributed by atoms with E-state index in [0.717, 1.165) is 13.1 Å². The summed E-state index contributed by atoms with van der Waals surface area (Å²) in [5.41, 5.74) is 0. The van der Waals surface area contributed by atoms with Crippen molar-refractivity contribution in [3.63, 3.8) is 0 Å². The van der Waals surface area contributed by atoms with Crippen molar-refractivity contribution < 1.29 is 9.53 Å². The van der Waals surface area contributed by atoms with Gasteiger partial charge in [0.25, 0.3) is 0 Å². The van der Waals surface area contributed by atoms with E-state index in [0.29, 0.717) is 25.5 Å². The minimum Gasteiger partial charge on any atom is -0.384 e. The van der Waals surface area contributed by atoms with Crippen molar-refractivity contribution in [1.29, 1.82) is 0 Å². The number of likely N-dealkylation sites (N-methyl/N-ethyl adjacent to an activating group) is 1. The van der Waals surface area contributed by atoms with Crippen molar-refractivity contribution in [2.24, 2.45) is 5.92 Å². The molecule has 84 valence electrons. The molecule has 0 saturated heterocycles. The smallest absolute Gasteiger partial charge is 0.220 e. The third-order valence-electron chi connectivity index (χ3n) is 1.86. The molecule has 0 aromatic heterocycles. The van der Waals surface area contributed by atoms with Crippen LogP contribution in [0.5, 0.6) is 0 Å². The van der Waals surface area contributed by atoms with Crippen LogP contribution in [0.3, 0.4) is 0 Å². The Labute approximate surface area is 86.4 Å². The Morgan fingerprint density at radius 3 is 2.71 bits per heavy atom. The average Bonchev–Trinajstić information content (AvgIpc) is 2.13. The number of amides is 1. The van der Waals surface area contributed by atoms with Crippen molar-refractivity contribution in [3.8, 4) is 0 Å². The fraction of sp³-hybridized carbons (Fsp3) is 0.900. The van der Waals surface area contributed by atoms with Gasteiger partial charge in [-0.15, -0.1) is 0 Å². The summed E-state index contributed by atoms with van der Waals surface area (Å²) in [6.07, 6.45) is 0.542. The zero-order valence-electron chi connectivity index (χ0n) is 9.43. The van der Waals surface area contributed by atoms with Crippen LogP contribution < -0.4 is 10.6 Å². The summed E-state index contributed by atoms with van der Waals surface area (Å²) in [5.74, 6) is 0.395. The molecule has 0 saturated carbocycles. The predicted molar refractivity (Wildman–Crippen MR) is 57.2 cm³/mol. The number of ether oxygens (including phenoxy) is 1. The molecule has 4 heteroatoms. The molecule has 0 aliphatic carbocycles. The first-order valence-electron chi connectivity index (χ1n) is 5.17. The zero-order valence-corrected chi connectivity index (χ0v) is 9.43. The van der Waals surface area contributed by atoms with Crippen LogP contribution in [0.4, 0.5) is 0 Å². The Kier molecular flexibility index (Phi) is 8.57. The van der Waals surface area contributed by atoms with Gasteiger partial charge in [0.1, 0.15) is 0 Å². The molecule has 0 rings (SSSR count). The first-order chi connectivity index (χ1) is 6.70. The number of carbonyl (C=O) groups is 1. The second-order valence-corrected chi connectivity index (χ2v) is 3.47. The van der Waals surface area contributed by atoms with Crippen molar-refractivity contribution in [2.75, 3.05) is 33.4 Å². The molecule has 0 aromatic carbocycles. The first-order valence-corrected chi connectivity index (χ1v) is 5.17. The minimum atomic E-state index is 0.104. The number of hydrogen-bond acceptors (Lipinski definition) is 3. The molecule has 1 unspecified atom stereocenters. The van der Waals surface area contributed by atoms with Crippen LogP contribution in [0.15, 0.2) is 0 Å². The van der Waals surface area contributed by atoms with E-state index < -0.39 is 0 Å². The first kappa shape index (κ1) is 13.4. The Morgan fingerprint density at radius 2 is 2.14 bits per heavy atom. The normalized spacial score (nSPS) is 12.5. The summed E-state index contributed by atoms with van der Waals surface area (Å²) in [6.45, 7) is 7.17. The molecule has 4 nitrogen and oxygen atoms in total. The molecule has 1 atom stereocenters. The minimum absolute atomic E-state index is 0.104. The van der Waals surface area contributed by atoms with E-state index in [1.165, 1.54) is 0 Å². The van der Waals surface area contributed by atoms with Gasteiger partial charge >= 0.3 is 0 Å². The van der Waals surface area contributed by atoms with Gasteiger partial charge in [-0.3, -0.25) is 4.79 Å². The molecule has 1 amide bonds. The Bertz CT molecular complexity index is 151. The highest BCUT2D eigenvalue weighted by molar-refractivity contribution is 5.76. The van der Waals surface area contributed by atoms with Gasteiger partial charge in [0, 0.05) is 33.2 Å². The van der Waals surface area contributed by atoms with Crippen LogP contribution in [0.1, 0.15) is 20.3 Å². The van der Waals surface area contributed by atoms with Crippen LogP contribution in [0.25, 0.3) is 0 Å². The van der Waals surface area contributed by atoms with E-state index in [4.69, 9.17) is 4.74 Å². The molecule has 0 bridgehead atoms. The fourth-order valence-electron chi connectivity index (χ4n) is 1.20. The van der Waals surface area contributed by atoms with Gasteiger partial charge in [0.2, 0.25) is 5.91 Å². The van der Waals surface area contributed by atoms with Crippen LogP contribution in [-0.4, -0.2) is 39.3 Å². The fourth-order valence-corrected chi connectivity index (χ4v) is 1.20. The predicted octanol–water partition coefficient (Wildman–Crippen LogP) is 0.385. The highest BCUT2D eigenvalue weighted by Gasteiger charge is 2.07. The SMILES string of the molecule is CCNCCNC(=O)CC(C)COC. The van der Waals surface area contributed by atoms with E-state index in [1.54, 1.807) is 7.11 Å². The zero-order chi connectivity index (χ0) is 10.8. The third kappa shape index (κ3) is 8.01. The molecule has 0 radical (unpaired) electrons. The number of nitrogens with one attached hydrogen (secondary N) is 2. The van der Waals surface area contributed by atoms with Crippen molar-refractivity contribution in [1.82, 2.24) is 10.6 Å². The third-order valence-corrected chi connectivity index (χ3v) is 1.86. The largest absolute Gasteiger partial charge is 0.384 e. The Hall–Kier alpha value is -0.610. The molecule has 0 heterocycles. The van der Waals surface area contributed by atoms with Crippen LogP contribution >= 0.6 is 0 Å². The quantitative estimate of drug-likeness (QED) is 0.560. The molecule has 0 aromatic rings. The molecular weight excluding hydrogens is 180 g/mol. The summed E-state index contributed by atoms with van der Waals surface area (Å²) in [7, 11) is 1.65. The van der Waals surface area contributed by atoms with E-state index in [9.17, 15) is 4.79 Å². The van der Waals surface area contributed by atoms with Gasteiger partial charge in [-0.2, -0.15) is 0 Å². The number of methoxy groups -OCH3 is 1. The lowest BCUT2D eigenvalue weighted by molar-refractivity contribution is -0.122. The van der Waals surface area contributed by atoms with Gasteiger partial charge in [-0.1, -0.05) is 13.8 Å².